The number of furan rings is 1. The molecule has 0 radical (unpaired) electrons. The second kappa shape index (κ2) is 5.86. The zero-order valence-electron chi connectivity index (χ0n) is 17.5. The first-order valence-corrected chi connectivity index (χ1v) is 10.8. The van der Waals surface area contributed by atoms with E-state index in [2.05, 4.69) is 98.8 Å². The maximum Gasteiger partial charge on any atom is 0.136 e. The Bertz CT molecular complexity index is 1710. The largest absolute Gasteiger partial charge is 0.456 e. The molecule has 31 heavy (non-hydrogen) atoms. The second-order valence-electron chi connectivity index (χ2n) is 8.90. The van der Waals surface area contributed by atoms with Gasteiger partial charge in [-0.2, -0.15) is 0 Å². The summed E-state index contributed by atoms with van der Waals surface area (Å²) in [6, 6.07) is 31.4. The molecule has 0 amide bonds. The zero-order valence-corrected chi connectivity index (χ0v) is 17.5. The maximum absolute atomic E-state index is 6.34. The fourth-order valence-corrected chi connectivity index (χ4v) is 5.00. The lowest BCUT2D eigenvalue weighted by Crippen LogP contribution is -1.79. The third-order valence-corrected chi connectivity index (χ3v) is 6.61. The van der Waals surface area contributed by atoms with E-state index in [4.69, 9.17) is 4.42 Å². The molecule has 0 atom stereocenters. The molecular weight excluding hydrogens is 376 g/mol. The molecule has 7 aromatic rings. The van der Waals surface area contributed by atoms with E-state index in [1.54, 1.807) is 0 Å². The molecule has 0 aliphatic rings. The van der Waals surface area contributed by atoms with E-state index in [0.29, 0.717) is 0 Å². The van der Waals surface area contributed by atoms with Gasteiger partial charge in [0.15, 0.2) is 0 Å². The average Bonchev–Trinajstić information content (AvgIpc) is 3.09. The first kappa shape index (κ1) is 16.9. The maximum atomic E-state index is 6.34. The lowest BCUT2D eigenvalue weighted by molar-refractivity contribution is 0.670. The van der Waals surface area contributed by atoms with Crippen LogP contribution >= 0.6 is 0 Å². The Morgan fingerprint density at radius 2 is 0.774 bits per heavy atom. The van der Waals surface area contributed by atoms with Crippen molar-refractivity contribution < 1.29 is 4.42 Å². The Balaban J connectivity index is 1.55. The normalized spacial score (nSPS) is 12.2. The first-order chi connectivity index (χ1) is 15.1. The van der Waals surface area contributed by atoms with Crippen LogP contribution in [-0.2, 0) is 0 Å². The molecule has 0 fully saturated rings. The van der Waals surface area contributed by atoms with Crippen LogP contribution in [0, 0.1) is 13.8 Å². The molecular formula is C30H20O. The first-order valence-electron chi connectivity index (χ1n) is 10.8. The highest BCUT2D eigenvalue weighted by molar-refractivity contribution is 6.15. The van der Waals surface area contributed by atoms with Crippen molar-refractivity contribution in [2.75, 3.05) is 0 Å². The van der Waals surface area contributed by atoms with Crippen molar-refractivity contribution >= 4 is 65.0 Å². The Labute approximate surface area is 179 Å². The summed E-state index contributed by atoms with van der Waals surface area (Å²) in [6.07, 6.45) is 0. The summed E-state index contributed by atoms with van der Waals surface area (Å²) in [5.41, 5.74) is 4.47. The lowest BCUT2D eigenvalue weighted by atomic mass is 9.98. The number of benzene rings is 6. The van der Waals surface area contributed by atoms with Gasteiger partial charge in [0.25, 0.3) is 0 Å². The van der Waals surface area contributed by atoms with Gasteiger partial charge in [-0.1, -0.05) is 47.5 Å². The SMILES string of the molecule is Cc1ccc2cc3cc4c(cc3cc2c1)oc1cc2cc3cc(C)ccc3cc2cc14. The molecule has 0 saturated carbocycles. The molecule has 1 nitrogen and oxygen atoms in total. The third kappa shape index (κ3) is 2.50. The van der Waals surface area contributed by atoms with Crippen molar-refractivity contribution in [3.63, 3.8) is 0 Å². The monoisotopic (exact) mass is 396 g/mol. The molecule has 0 bridgehead atoms. The lowest BCUT2D eigenvalue weighted by Gasteiger charge is -2.05. The molecule has 146 valence electrons. The van der Waals surface area contributed by atoms with Gasteiger partial charge in [0.1, 0.15) is 11.2 Å². The van der Waals surface area contributed by atoms with Crippen LogP contribution in [0.25, 0.3) is 65.0 Å². The van der Waals surface area contributed by atoms with Gasteiger partial charge in [0, 0.05) is 10.8 Å². The van der Waals surface area contributed by atoms with E-state index in [1.807, 2.05) is 0 Å². The van der Waals surface area contributed by atoms with Crippen molar-refractivity contribution in [1.82, 2.24) is 0 Å². The molecule has 1 heterocycles. The van der Waals surface area contributed by atoms with E-state index in [-0.39, 0.29) is 0 Å². The molecule has 0 aliphatic heterocycles. The van der Waals surface area contributed by atoms with Gasteiger partial charge in [-0.15, -0.1) is 0 Å². The summed E-state index contributed by atoms with van der Waals surface area (Å²) in [5.74, 6) is 0. The summed E-state index contributed by atoms with van der Waals surface area (Å²) < 4.78 is 6.34. The van der Waals surface area contributed by atoms with Crippen LogP contribution in [-0.4, -0.2) is 0 Å². The molecule has 0 saturated heterocycles. The highest BCUT2D eigenvalue weighted by Gasteiger charge is 2.11. The molecule has 7 rings (SSSR count). The number of hydrogen-bond acceptors (Lipinski definition) is 1. The van der Waals surface area contributed by atoms with Crippen LogP contribution in [0.4, 0.5) is 0 Å². The predicted octanol–water partition coefficient (Wildman–Crippen LogP) is 8.82. The van der Waals surface area contributed by atoms with E-state index in [9.17, 15) is 0 Å². The molecule has 0 N–H and O–H groups in total. The minimum absolute atomic E-state index is 0.949. The van der Waals surface area contributed by atoms with Gasteiger partial charge in [0.2, 0.25) is 0 Å². The summed E-state index contributed by atoms with van der Waals surface area (Å²) in [6.45, 7) is 4.28. The van der Waals surface area contributed by atoms with Crippen molar-refractivity contribution in [2.24, 2.45) is 0 Å². The summed E-state index contributed by atoms with van der Waals surface area (Å²) >= 11 is 0. The fourth-order valence-electron chi connectivity index (χ4n) is 5.00. The number of rotatable bonds is 0. The summed E-state index contributed by atoms with van der Waals surface area (Å²) in [4.78, 5) is 0. The molecule has 1 aromatic heterocycles. The minimum Gasteiger partial charge on any atom is -0.456 e. The van der Waals surface area contributed by atoms with Crippen LogP contribution in [0.1, 0.15) is 11.1 Å². The van der Waals surface area contributed by atoms with Gasteiger partial charge >= 0.3 is 0 Å². The molecule has 6 aromatic carbocycles. The number of fused-ring (bicyclic) bond motifs is 7. The average molecular weight is 396 g/mol. The molecule has 0 unspecified atom stereocenters. The number of aryl methyl sites for hydroxylation is 2. The third-order valence-electron chi connectivity index (χ3n) is 6.61. The smallest absolute Gasteiger partial charge is 0.136 e. The van der Waals surface area contributed by atoms with Gasteiger partial charge in [0.05, 0.1) is 0 Å². The van der Waals surface area contributed by atoms with Gasteiger partial charge in [-0.3, -0.25) is 0 Å². The topological polar surface area (TPSA) is 13.1 Å². The number of hydrogen-bond donors (Lipinski definition) is 0. The van der Waals surface area contributed by atoms with Crippen LogP contribution in [0.15, 0.2) is 89.3 Å². The van der Waals surface area contributed by atoms with E-state index >= 15 is 0 Å². The molecule has 1 heteroatoms. The van der Waals surface area contributed by atoms with Crippen molar-refractivity contribution in [3.05, 3.63) is 96.1 Å². The van der Waals surface area contributed by atoms with Gasteiger partial charge in [-0.25, -0.2) is 0 Å². The highest BCUT2D eigenvalue weighted by atomic mass is 16.3. The summed E-state index contributed by atoms with van der Waals surface area (Å²) in [5, 5.41) is 12.4. The molecule has 0 spiro atoms. The highest BCUT2D eigenvalue weighted by Crippen LogP contribution is 2.37. The standard InChI is InChI=1S/C30H20O/c1-17-3-5-19-9-23-13-27-28-14-24-10-20-6-4-18(2)8-22(20)12-26(24)16-30(28)31-29(27)15-25(23)11-21(19)7-17/h3-16H,1-2H3. The zero-order chi connectivity index (χ0) is 20.7. The fraction of sp³-hybridized carbons (Fsp3) is 0.0667. The van der Waals surface area contributed by atoms with Crippen molar-refractivity contribution in [3.8, 4) is 0 Å². The van der Waals surface area contributed by atoms with Crippen molar-refractivity contribution in [2.45, 2.75) is 13.8 Å². The van der Waals surface area contributed by atoms with Gasteiger partial charge < -0.3 is 4.42 Å². The van der Waals surface area contributed by atoms with Crippen LogP contribution in [0.5, 0.6) is 0 Å². The van der Waals surface area contributed by atoms with Crippen LogP contribution in [0.2, 0.25) is 0 Å². The van der Waals surface area contributed by atoms with E-state index < -0.39 is 0 Å². The Kier molecular flexibility index (Phi) is 3.20. The second-order valence-corrected chi connectivity index (χ2v) is 8.90. The predicted molar refractivity (Wildman–Crippen MR) is 133 cm³/mol. The van der Waals surface area contributed by atoms with Crippen LogP contribution in [0.3, 0.4) is 0 Å². The van der Waals surface area contributed by atoms with Crippen LogP contribution < -0.4 is 0 Å². The Morgan fingerprint density at radius 3 is 1.26 bits per heavy atom. The molecule has 0 aliphatic carbocycles. The minimum atomic E-state index is 0.949. The van der Waals surface area contributed by atoms with Crippen molar-refractivity contribution in [1.29, 1.82) is 0 Å². The van der Waals surface area contributed by atoms with E-state index in [1.165, 1.54) is 65.0 Å². The Morgan fingerprint density at radius 1 is 0.387 bits per heavy atom. The van der Waals surface area contributed by atoms with Gasteiger partial charge in [-0.05, 0) is 105 Å². The van der Waals surface area contributed by atoms with E-state index in [0.717, 1.165) is 11.2 Å². The quantitative estimate of drug-likeness (QED) is 0.233. The summed E-state index contributed by atoms with van der Waals surface area (Å²) in [7, 11) is 0. The Hall–Kier alpha value is -3.84.